The third kappa shape index (κ3) is 4.76. The van der Waals surface area contributed by atoms with Gasteiger partial charge < -0.3 is 15.3 Å². The summed E-state index contributed by atoms with van der Waals surface area (Å²) in [6.07, 6.45) is 0.204. The molecule has 0 bridgehead atoms. The van der Waals surface area contributed by atoms with E-state index in [0.717, 1.165) is 12.1 Å². The van der Waals surface area contributed by atoms with Crippen LogP contribution in [0.4, 0.5) is 19.3 Å². The van der Waals surface area contributed by atoms with Crippen molar-refractivity contribution in [1.82, 2.24) is 4.90 Å². The van der Waals surface area contributed by atoms with Crippen LogP contribution in [0.3, 0.4) is 0 Å². The number of amides is 2. The predicted molar refractivity (Wildman–Crippen MR) is 72.6 cm³/mol. The summed E-state index contributed by atoms with van der Waals surface area (Å²) >= 11 is 2.83. The maximum absolute atomic E-state index is 13.5. The Morgan fingerprint density at radius 1 is 1.35 bits per heavy atom. The molecule has 0 aliphatic carbocycles. The fourth-order valence-electron chi connectivity index (χ4n) is 1.40. The fraction of sp³-hybridized carbons (Fsp3) is 0.333. The Balaban J connectivity index is 2.61. The number of carbonyl (C=O) groups is 2. The molecule has 20 heavy (non-hydrogen) atoms. The van der Waals surface area contributed by atoms with E-state index in [0.29, 0.717) is 0 Å². The molecule has 5 nitrogen and oxygen atoms in total. The highest BCUT2D eigenvalue weighted by atomic mass is 79.9. The van der Waals surface area contributed by atoms with Crippen molar-refractivity contribution < 1.29 is 23.5 Å². The van der Waals surface area contributed by atoms with Crippen molar-refractivity contribution in [3.05, 3.63) is 28.2 Å². The highest BCUT2D eigenvalue weighted by Crippen LogP contribution is 2.23. The van der Waals surface area contributed by atoms with E-state index < -0.39 is 23.6 Å². The molecule has 0 atom stereocenters. The number of hydrogen-bond acceptors (Lipinski definition) is 2. The van der Waals surface area contributed by atoms with Gasteiger partial charge in [0.25, 0.3) is 0 Å². The lowest BCUT2D eigenvalue weighted by Gasteiger charge is -2.17. The van der Waals surface area contributed by atoms with Gasteiger partial charge in [0, 0.05) is 26.1 Å². The van der Waals surface area contributed by atoms with E-state index in [9.17, 15) is 18.4 Å². The third-order valence-corrected chi connectivity index (χ3v) is 3.09. The summed E-state index contributed by atoms with van der Waals surface area (Å²) in [5.41, 5.74) is -0.277. The minimum Gasteiger partial charge on any atom is -0.481 e. The zero-order valence-electron chi connectivity index (χ0n) is 10.6. The molecule has 1 aromatic carbocycles. The predicted octanol–water partition coefficient (Wildman–Crippen LogP) is 3.06. The van der Waals surface area contributed by atoms with E-state index in [-0.39, 0.29) is 29.5 Å². The van der Waals surface area contributed by atoms with Crippen molar-refractivity contribution in [3.8, 4) is 0 Å². The molecule has 1 rings (SSSR count). The molecule has 2 amide bonds. The molecule has 0 fully saturated rings. The lowest BCUT2D eigenvalue weighted by atomic mass is 10.3. The normalized spacial score (nSPS) is 10.2. The van der Waals surface area contributed by atoms with Crippen LogP contribution in [0, 0.1) is 11.6 Å². The topological polar surface area (TPSA) is 69.6 Å². The molecule has 110 valence electrons. The van der Waals surface area contributed by atoms with Gasteiger partial charge >= 0.3 is 12.0 Å². The third-order valence-electron chi connectivity index (χ3n) is 2.48. The number of nitrogens with zero attached hydrogens (tertiary/aromatic N) is 1. The number of halogens is 3. The van der Waals surface area contributed by atoms with Crippen molar-refractivity contribution in [1.29, 1.82) is 0 Å². The second-order valence-corrected chi connectivity index (χ2v) is 4.95. The Morgan fingerprint density at radius 2 is 2.00 bits per heavy atom. The molecule has 8 heteroatoms. The van der Waals surface area contributed by atoms with Gasteiger partial charge in [0.2, 0.25) is 0 Å². The SMILES string of the molecule is CN(CCCC(=O)O)C(=O)Nc1cc(F)c(Br)cc1F. The van der Waals surface area contributed by atoms with Gasteiger partial charge in [-0.15, -0.1) is 0 Å². The second-order valence-electron chi connectivity index (χ2n) is 4.10. The molecule has 2 N–H and O–H groups in total. The summed E-state index contributed by atoms with van der Waals surface area (Å²) in [5.74, 6) is -2.43. The summed E-state index contributed by atoms with van der Waals surface area (Å²) in [5, 5.41) is 10.7. The number of carbonyl (C=O) groups excluding carboxylic acids is 1. The summed E-state index contributed by atoms with van der Waals surface area (Å²) in [6, 6.07) is 1.13. The van der Waals surface area contributed by atoms with Gasteiger partial charge in [-0.2, -0.15) is 0 Å². The van der Waals surface area contributed by atoms with Crippen molar-refractivity contribution in [2.75, 3.05) is 18.9 Å². The van der Waals surface area contributed by atoms with Gasteiger partial charge in [0.15, 0.2) is 0 Å². The van der Waals surface area contributed by atoms with Crippen LogP contribution in [0.2, 0.25) is 0 Å². The number of benzene rings is 1. The minimum atomic E-state index is -0.958. The van der Waals surface area contributed by atoms with Gasteiger partial charge in [0.1, 0.15) is 11.6 Å². The molecule has 0 radical (unpaired) electrons. The van der Waals surface area contributed by atoms with Crippen molar-refractivity contribution in [2.45, 2.75) is 12.8 Å². The number of aliphatic carboxylic acids is 1. The molecule has 0 aromatic heterocycles. The Hall–Kier alpha value is -1.70. The highest BCUT2D eigenvalue weighted by molar-refractivity contribution is 9.10. The van der Waals surface area contributed by atoms with Crippen LogP contribution in [0.25, 0.3) is 0 Å². The molecule has 0 aliphatic rings. The number of carboxylic acids is 1. The second kappa shape index (κ2) is 7.18. The summed E-state index contributed by atoms with van der Waals surface area (Å²) in [4.78, 5) is 23.2. The minimum absolute atomic E-state index is 0.0391. The van der Waals surface area contributed by atoms with Crippen LogP contribution >= 0.6 is 15.9 Å². The standard InChI is InChI=1S/C12H13BrF2N2O3/c1-17(4-2-3-11(18)19)12(20)16-10-6-8(14)7(13)5-9(10)15/h5-6H,2-4H2,1H3,(H,16,20)(H,18,19). The average Bonchev–Trinajstić information content (AvgIpc) is 2.35. The fourth-order valence-corrected chi connectivity index (χ4v) is 1.71. The van der Waals surface area contributed by atoms with E-state index in [1.165, 1.54) is 11.9 Å². The highest BCUT2D eigenvalue weighted by Gasteiger charge is 2.14. The molecule has 0 unspecified atom stereocenters. The maximum Gasteiger partial charge on any atom is 0.321 e. The zero-order valence-corrected chi connectivity index (χ0v) is 12.2. The molecule has 1 aromatic rings. The van der Waals surface area contributed by atoms with Crippen molar-refractivity contribution >= 4 is 33.6 Å². The van der Waals surface area contributed by atoms with E-state index in [4.69, 9.17) is 5.11 Å². The lowest BCUT2D eigenvalue weighted by molar-refractivity contribution is -0.137. The molecular weight excluding hydrogens is 338 g/mol. The Kier molecular flexibility index (Phi) is 5.87. The van der Waals surface area contributed by atoms with Gasteiger partial charge in [-0.3, -0.25) is 4.79 Å². The Bertz CT molecular complexity index is 526. The number of carboxylic acid groups (broad SMARTS) is 1. The largest absolute Gasteiger partial charge is 0.481 e. The number of hydrogen-bond donors (Lipinski definition) is 2. The smallest absolute Gasteiger partial charge is 0.321 e. The number of anilines is 1. The summed E-state index contributed by atoms with van der Waals surface area (Å²) in [6.45, 7) is 0.193. The van der Waals surface area contributed by atoms with Gasteiger partial charge in [-0.05, 0) is 28.4 Å². The average molecular weight is 351 g/mol. The number of rotatable bonds is 5. The summed E-state index contributed by atoms with van der Waals surface area (Å²) < 4.78 is 26.7. The van der Waals surface area contributed by atoms with Crippen LogP contribution in [0.15, 0.2) is 16.6 Å². The van der Waals surface area contributed by atoms with E-state index in [1.54, 1.807) is 0 Å². The van der Waals surface area contributed by atoms with Crippen molar-refractivity contribution in [3.63, 3.8) is 0 Å². The molecular formula is C12H13BrF2N2O3. The van der Waals surface area contributed by atoms with Crippen LogP contribution in [0.5, 0.6) is 0 Å². The first-order valence-electron chi connectivity index (χ1n) is 5.69. The summed E-state index contributed by atoms with van der Waals surface area (Å²) in [7, 11) is 1.43. The van der Waals surface area contributed by atoms with E-state index >= 15 is 0 Å². The van der Waals surface area contributed by atoms with Crippen LogP contribution in [0.1, 0.15) is 12.8 Å². The monoisotopic (exact) mass is 350 g/mol. The zero-order chi connectivity index (χ0) is 15.3. The first-order valence-corrected chi connectivity index (χ1v) is 6.49. The van der Waals surface area contributed by atoms with Crippen LogP contribution in [-0.4, -0.2) is 35.6 Å². The van der Waals surface area contributed by atoms with Crippen LogP contribution < -0.4 is 5.32 Å². The number of urea groups is 1. The maximum atomic E-state index is 13.5. The lowest BCUT2D eigenvalue weighted by Crippen LogP contribution is -2.32. The van der Waals surface area contributed by atoms with Crippen LogP contribution in [-0.2, 0) is 4.79 Å². The Labute approximate surface area is 122 Å². The quantitative estimate of drug-likeness (QED) is 0.801. The Morgan fingerprint density at radius 3 is 2.60 bits per heavy atom. The van der Waals surface area contributed by atoms with E-state index in [2.05, 4.69) is 21.2 Å². The first kappa shape index (κ1) is 16.4. The molecule has 0 heterocycles. The molecule has 0 saturated heterocycles. The first-order chi connectivity index (χ1) is 9.31. The van der Waals surface area contributed by atoms with Gasteiger partial charge in [0.05, 0.1) is 10.2 Å². The number of nitrogens with one attached hydrogen (secondary N) is 1. The molecule has 0 aliphatic heterocycles. The molecule has 0 spiro atoms. The van der Waals surface area contributed by atoms with E-state index in [1.807, 2.05) is 0 Å². The van der Waals surface area contributed by atoms with Crippen molar-refractivity contribution in [2.24, 2.45) is 0 Å². The molecule has 0 saturated carbocycles. The van der Waals surface area contributed by atoms with Gasteiger partial charge in [-0.1, -0.05) is 0 Å². The van der Waals surface area contributed by atoms with Gasteiger partial charge in [-0.25, -0.2) is 13.6 Å².